The van der Waals surface area contributed by atoms with Crippen LogP contribution < -0.4 is 9.47 Å². The van der Waals surface area contributed by atoms with Crippen molar-refractivity contribution in [2.75, 3.05) is 27.2 Å². The van der Waals surface area contributed by atoms with Crippen LogP contribution in [0.2, 0.25) is 0 Å². The molecule has 49 heavy (non-hydrogen) atoms. The monoisotopic (exact) mass is 696 g/mol. The molecule has 2 aromatic rings. The van der Waals surface area contributed by atoms with Crippen LogP contribution in [0.15, 0.2) is 48.6 Å². The molecule has 2 aromatic carbocycles. The molecule has 0 radical (unpaired) electrons. The highest BCUT2D eigenvalue weighted by Crippen LogP contribution is 2.64. The van der Waals surface area contributed by atoms with E-state index in [0.29, 0.717) is 37.2 Å². The average molecular weight is 697 g/mol. The van der Waals surface area contributed by atoms with Gasteiger partial charge in [-0.15, -0.1) is 0 Å². The van der Waals surface area contributed by atoms with Crippen LogP contribution in [0.1, 0.15) is 35.1 Å². The number of likely N-dealkylation sites (N-methyl/N-ethyl adjacent to an activating group) is 2. The SMILES string of the molecule is CN1CC[C@]23c4c5ccc(O)c4OC2C(=O)C=CC3(O)[C@H]1C5.CN1CC[C@]23c4c5ccc(O)c4OC2C(=O)C=CC3(O)[C@H]1C5.O=S(=O)(O)O. The Morgan fingerprint density at radius 3 is 1.45 bits per heavy atom. The van der Waals surface area contributed by atoms with Crippen molar-refractivity contribution >= 4 is 22.0 Å². The van der Waals surface area contributed by atoms with Gasteiger partial charge in [-0.1, -0.05) is 12.1 Å². The van der Waals surface area contributed by atoms with Gasteiger partial charge >= 0.3 is 10.4 Å². The number of aliphatic hydroxyl groups is 2. The second-order valence-corrected chi connectivity index (χ2v) is 15.2. The molecule has 260 valence electrons. The first kappa shape index (κ1) is 32.4. The quantitative estimate of drug-likeness (QED) is 0.206. The van der Waals surface area contributed by atoms with Gasteiger partial charge in [-0.2, -0.15) is 8.42 Å². The Labute approximate surface area is 281 Å². The molecule has 0 saturated carbocycles. The molecule has 10 rings (SSSR count). The highest BCUT2D eigenvalue weighted by molar-refractivity contribution is 7.79. The number of piperidine rings is 2. The maximum atomic E-state index is 12.4. The summed E-state index contributed by atoms with van der Waals surface area (Å²) in [6, 6.07) is 6.88. The van der Waals surface area contributed by atoms with Crippen molar-refractivity contribution in [3.05, 3.63) is 70.8 Å². The Morgan fingerprint density at radius 2 is 1.08 bits per heavy atom. The van der Waals surface area contributed by atoms with Gasteiger partial charge < -0.3 is 29.9 Å². The molecular weight excluding hydrogens is 660 g/mol. The Hall–Kier alpha value is -3.83. The first-order valence-corrected chi connectivity index (χ1v) is 17.4. The third-order valence-corrected chi connectivity index (χ3v) is 12.3. The lowest BCUT2D eigenvalue weighted by molar-refractivity contribution is -0.151. The van der Waals surface area contributed by atoms with E-state index in [1.165, 1.54) is 12.2 Å². The number of hydrogen-bond acceptors (Lipinski definition) is 12. The number of carbonyl (C=O) groups is 2. The summed E-state index contributed by atoms with van der Waals surface area (Å²) in [7, 11) is -0.645. The third-order valence-electron chi connectivity index (χ3n) is 12.3. The number of likely N-dealkylation sites (tertiary alicyclic amines) is 2. The molecule has 6 N–H and O–H groups in total. The van der Waals surface area contributed by atoms with Crippen LogP contribution >= 0.6 is 0 Å². The topological polar surface area (TPSA) is 215 Å². The molecule has 0 amide bonds. The number of aromatic hydroxyl groups is 2. The molecular formula is C34H36N2O12S. The number of hydrogen-bond donors (Lipinski definition) is 6. The van der Waals surface area contributed by atoms with Crippen molar-refractivity contribution in [1.29, 1.82) is 0 Å². The average Bonchev–Trinajstić information content (AvgIpc) is 3.58. The van der Waals surface area contributed by atoms with Gasteiger partial charge in [0.2, 0.25) is 0 Å². The van der Waals surface area contributed by atoms with Gasteiger partial charge in [0.1, 0.15) is 11.2 Å². The number of nitrogens with zero attached hydrogens (tertiary/aromatic N) is 2. The Bertz CT molecular complexity index is 1880. The number of ether oxygens (including phenoxy) is 2. The van der Waals surface area contributed by atoms with E-state index in [0.717, 1.165) is 35.3 Å². The molecule has 4 aliphatic carbocycles. The zero-order valence-electron chi connectivity index (χ0n) is 26.6. The van der Waals surface area contributed by atoms with Crippen molar-refractivity contribution in [3.8, 4) is 23.0 Å². The van der Waals surface area contributed by atoms with Gasteiger partial charge in [0, 0.05) is 23.2 Å². The smallest absolute Gasteiger partial charge is 0.394 e. The molecule has 8 aliphatic rings. The normalized spacial score (nSPS) is 38.2. The van der Waals surface area contributed by atoms with Crippen molar-refractivity contribution in [2.45, 2.75) is 72.0 Å². The molecule has 4 unspecified atom stereocenters. The van der Waals surface area contributed by atoms with E-state index >= 15 is 0 Å². The molecule has 8 atom stereocenters. The van der Waals surface area contributed by atoms with E-state index in [9.17, 15) is 30.0 Å². The molecule has 14 nitrogen and oxygen atoms in total. The summed E-state index contributed by atoms with van der Waals surface area (Å²) in [4.78, 5) is 29.2. The summed E-state index contributed by atoms with van der Waals surface area (Å²) in [6.45, 7) is 1.59. The minimum absolute atomic E-state index is 0.0510. The van der Waals surface area contributed by atoms with Crippen LogP contribution in [0, 0.1) is 0 Å². The molecule has 0 aromatic heterocycles. The predicted octanol–water partition coefficient (Wildman–Crippen LogP) is 0.390. The summed E-state index contributed by atoms with van der Waals surface area (Å²) in [5.74, 6) is 0.625. The minimum atomic E-state index is -4.67. The Morgan fingerprint density at radius 1 is 0.714 bits per heavy atom. The first-order valence-electron chi connectivity index (χ1n) is 16.0. The fourth-order valence-electron chi connectivity index (χ4n) is 10.3. The van der Waals surface area contributed by atoms with Gasteiger partial charge in [0.15, 0.2) is 46.8 Å². The lowest BCUT2D eigenvalue weighted by Crippen LogP contribution is -2.74. The van der Waals surface area contributed by atoms with E-state index in [1.807, 2.05) is 26.2 Å². The number of benzene rings is 2. The Kier molecular flexibility index (Phi) is 6.69. The highest BCUT2D eigenvalue weighted by Gasteiger charge is 2.73. The zero-order valence-corrected chi connectivity index (χ0v) is 27.4. The standard InChI is InChI=1S/2C17H17NO4.H2O4S/c2*1-18-7-6-16-13-9-2-3-10(19)14(13)22-15(16)11(20)4-5-17(16,21)12(18)8-9;1-5(2,3)4/h2*2-5,12,15,19,21H,6-8H2,1H3;(H2,1,2,3,4)/t2*12-,15?,16+,17?;/m11./s1. The largest absolute Gasteiger partial charge is 0.504 e. The van der Waals surface area contributed by atoms with Crippen LogP contribution in [-0.2, 0) is 43.7 Å². The lowest BCUT2D eigenvalue weighted by Gasteiger charge is -2.60. The van der Waals surface area contributed by atoms with Gasteiger partial charge in [-0.05, 0) is 100 Å². The number of phenolic OH excluding ortho intramolecular Hbond substituents is 2. The molecule has 2 saturated heterocycles. The van der Waals surface area contributed by atoms with Gasteiger partial charge in [-0.25, -0.2) is 0 Å². The fraction of sp³-hybridized carbons (Fsp3) is 0.471. The lowest BCUT2D eigenvalue weighted by atomic mass is 9.51. The van der Waals surface area contributed by atoms with E-state index in [2.05, 4.69) is 9.80 Å². The molecule has 4 heterocycles. The number of rotatable bonds is 0. The molecule has 2 fully saturated rings. The van der Waals surface area contributed by atoms with E-state index in [-0.39, 0.29) is 35.1 Å². The first-order chi connectivity index (χ1) is 23.0. The predicted molar refractivity (Wildman–Crippen MR) is 170 cm³/mol. The summed E-state index contributed by atoms with van der Waals surface area (Å²) >= 11 is 0. The maximum absolute atomic E-state index is 12.4. The molecule has 15 heteroatoms. The van der Waals surface area contributed by atoms with Crippen LogP contribution in [0.5, 0.6) is 23.0 Å². The molecule has 4 bridgehead atoms. The summed E-state index contributed by atoms with van der Waals surface area (Å²) in [6.07, 6.45) is 7.41. The number of carbonyl (C=O) groups excluding carboxylic acids is 2. The number of phenols is 2. The van der Waals surface area contributed by atoms with E-state index < -0.39 is 44.6 Å². The van der Waals surface area contributed by atoms with Crippen LogP contribution in [0.25, 0.3) is 0 Å². The fourth-order valence-corrected chi connectivity index (χ4v) is 10.3. The second-order valence-electron chi connectivity index (χ2n) is 14.3. The van der Waals surface area contributed by atoms with Crippen LogP contribution in [0.3, 0.4) is 0 Å². The summed E-state index contributed by atoms with van der Waals surface area (Å²) in [5, 5.41) is 43.5. The van der Waals surface area contributed by atoms with Gasteiger partial charge in [0.25, 0.3) is 0 Å². The van der Waals surface area contributed by atoms with Crippen molar-refractivity contribution in [2.24, 2.45) is 0 Å². The van der Waals surface area contributed by atoms with Gasteiger partial charge in [-0.3, -0.25) is 28.5 Å². The maximum Gasteiger partial charge on any atom is 0.394 e. The van der Waals surface area contributed by atoms with E-state index in [4.69, 9.17) is 27.0 Å². The summed E-state index contributed by atoms with van der Waals surface area (Å²) < 4.78 is 43.4. The van der Waals surface area contributed by atoms with Gasteiger partial charge in [0.05, 0.1) is 10.8 Å². The van der Waals surface area contributed by atoms with Crippen LogP contribution in [0.4, 0.5) is 0 Å². The van der Waals surface area contributed by atoms with E-state index in [1.54, 1.807) is 24.3 Å². The van der Waals surface area contributed by atoms with Crippen molar-refractivity contribution in [3.63, 3.8) is 0 Å². The third kappa shape index (κ3) is 4.00. The van der Waals surface area contributed by atoms with Crippen molar-refractivity contribution < 1.29 is 57.0 Å². The zero-order chi connectivity index (χ0) is 35.1. The number of ketones is 2. The summed E-state index contributed by atoms with van der Waals surface area (Å²) in [5.41, 5.74) is 0.0354. The molecule has 4 aliphatic heterocycles. The Balaban J connectivity index is 0.000000125. The second kappa shape index (κ2) is 10.1. The minimum Gasteiger partial charge on any atom is -0.504 e. The van der Waals surface area contributed by atoms with Crippen LogP contribution in [-0.4, -0.2) is 122 Å². The van der Waals surface area contributed by atoms with Crippen molar-refractivity contribution in [1.82, 2.24) is 9.80 Å². The highest BCUT2D eigenvalue weighted by atomic mass is 32.3. The molecule has 2 spiro atoms.